The van der Waals surface area contributed by atoms with Crippen LogP contribution < -0.4 is 0 Å². The summed E-state index contributed by atoms with van der Waals surface area (Å²) in [7, 11) is 2.79. The average molecular weight is 447 g/mol. The molecule has 2 amide bonds. The number of allylic oxidation sites excluding steroid dienone is 2. The minimum Gasteiger partial charge on any atom is -0.473 e. The van der Waals surface area contributed by atoms with Gasteiger partial charge in [0.1, 0.15) is 6.10 Å². The Labute approximate surface area is 180 Å². The Kier molecular flexibility index (Phi) is 3.69. The molecule has 6 unspecified atom stereocenters. The van der Waals surface area contributed by atoms with Crippen LogP contribution in [0.4, 0.5) is 0 Å². The predicted octanol–water partition coefficient (Wildman–Crippen LogP) is 1.21. The number of fused-ring (bicyclic) bond motifs is 3. The predicted molar refractivity (Wildman–Crippen MR) is 108 cm³/mol. The van der Waals surface area contributed by atoms with Crippen LogP contribution in [-0.4, -0.2) is 66.7 Å². The van der Waals surface area contributed by atoms with E-state index in [1.165, 1.54) is 34.8 Å². The summed E-state index contributed by atoms with van der Waals surface area (Å²) in [6.07, 6.45) is 8.96. The van der Waals surface area contributed by atoms with Crippen LogP contribution in [0.5, 0.6) is 0 Å². The van der Waals surface area contributed by atoms with Crippen LogP contribution in [0, 0.1) is 0 Å². The molecule has 30 heavy (non-hydrogen) atoms. The van der Waals surface area contributed by atoms with Gasteiger partial charge >= 0.3 is 5.97 Å². The first-order chi connectivity index (χ1) is 14.4. The summed E-state index contributed by atoms with van der Waals surface area (Å²) in [5.41, 5.74) is 1.62. The highest BCUT2D eigenvalue weighted by atomic mass is 33.1. The highest BCUT2D eigenvalue weighted by molar-refractivity contribution is 8.78. The van der Waals surface area contributed by atoms with Gasteiger partial charge in [0.15, 0.2) is 9.74 Å². The zero-order valence-electron chi connectivity index (χ0n) is 15.9. The first-order valence-corrected chi connectivity index (χ1v) is 11.8. The van der Waals surface area contributed by atoms with E-state index in [9.17, 15) is 19.5 Å². The van der Waals surface area contributed by atoms with Crippen molar-refractivity contribution in [1.29, 1.82) is 0 Å². The van der Waals surface area contributed by atoms with E-state index >= 15 is 0 Å². The van der Waals surface area contributed by atoms with E-state index in [1.807, 2.05) is 6.08 Å². The van der Waals surface area contributed by atoms with Gasteiger partial charge in [-0.1, -0.05) is 39.8 Å². The van der Waals surface area contributed by atoms with Crippen molar-refractivity contribution in [2.24, 2.45) is 0 Å². The van der Waals surface area contributed by atoms with E-state index in [0.29, 0.717) is 6.42 Å². The second kappa shape index (κ2) is 5.95. The molecule has 0 aromatic heterocycles. The van der Waals surface area contributed by atoms with Crippen molar-refractivity contribution in [2.75, 3.05) is 0 Å². The van der Waals surface area contributed by atoms with Crippen molar-refractivity contribution in [3.63, 3.8) is 0 Å². The lowest BCUT2D eigenvalue weighted by Gasteiger charge is -2.58. The number of rotatable bonds is 1. The van der Waals surface area contributed by atoms with Crippen molar-refractivity contribution >= 4 is 39.4 Å². The Morgan fingerprint density at radius 2 is 1.80 bits per heavy atom. The molecule has 10 heteroatoms. The van der Waals surface area contributed by atoms with Gasteiger partial charge in [-0.15, -0.1) is 0 Å². The smallest absolute Gasteiger partial charge is 0.303 e. The molecule has 7 rings (SSSR count). The molecule has 6 atom stereocenters. The number of amides is 2. The van der Waals surface area contributed by atoms with Crippen LogP contribution in [0.25, 0.3) is 0 Å². The Balaban J connectivity index is 1.49. The van der Waals surface area contributed by atoms with E-state index in [1.54, 1.807) is 34.3 Å². The quantitative estimate of drug-likeness (QED) is 0.474. The molecular formula is C20H18N2O6S2. The molecule has 5 fully saturated rings. The molecule has 0 aromatic carbocycles. The minimum absolute atomic E-state index is 0.186. The standard InChI is InChI=1S/C20H18N2O6S2/c1-10(23)28-14-5-6-27-9-12-8-20-17(25)21-15-11(3-2-4-13(15)24)7-19(21,29-30-20)18(26)22(20)16(12)14/h2-6,9,13-16,24H,7-8H2,1H3. The highest BCUT2D eigenvalue weighted by Crippen LogP contribution is 2.69. The number of nitrogens with zero attached hydrogens (tertiary/aromatic N) is 2. The van der Waals surface area contributed by atoms with Gasteiger partial charge in [-0.3, -0.25) is 14.4 Å². The molecule has 5 saturated heterocycles. The average Bonchev–Trinajstić information content (AvgIpc) is 3.16. The van der Waals surface area contributed by atoms with E-state index in [0.717, 1.165) is 11.1 Å². The molecule has 1 N–H and O–H groups in total. The zero-order chi connectivity index (χ0) is 20.8. The van der Waals surface area contributed by atoms with Gasteiger partial charge in [0.25, 0.3) is 11.8 Å². The normalized spacial score (nSPS) is 42.6. The second-order valence-electron chi connectivity index (χ2n) is 8.18. The number of aliphatic hydroxyl groups excluding tert-OH is 1. The molecule has 2 bridgehead atoms. The third-order valence-electron chi connectivity index (χ3n) is 6.53. The summed E-state index contributed by atoms with van der Waals surface area (Å²) < 4.78 is 10.9. The molecule has 7 aliphatic rings. The number of carbonyl (C=O) groups is 3. The first kappa shape index (κ1) is 18.6. The molecule has 2 spiro atoms. The van der Waals surface area contributed by atoms with Crippen LogP contribution in [0.15, 0.2) is 48.0 Å². The Bertz CT molecular complexity index is 1020. The fourth-order valence-electron chi connectivity index (χ4n) is 5.42. The minimum atomic E-state index is -1.15. The summed E-state index contributed by atoms with van der Waals surface area (Å²) in [5.74, 6) is -0.844. The molecule has 6 aliphatic heterocycles. The first-order valence-electron chi connectivity index (χ1n) is 9.67. The monoisotopic (exact) mass is 446 g/mol. The topological polar surface area (TPSA) is 96.4 Å². The third kappa shape index (κ3) is 2.06. The third-order valence-corrected chi connectivity index (χ3v) is 10.1. The van der Waals surface area contributed by atoms with Gasteiger partial charge < -0.3 is 24.4 Å². The fraction of sp³-hybridized carbons (Fsp3) is 0.450. The summed E-state index contributed by atoms with van der Waals surface area (Å²) >= 11 is 0. The lowest BCUT2D eigenvalue weighted by molar-refractivity contribution is -0.170. The molecule has 8 nitrogen and oxygen atoms in total. The maximum Gasteiger partial charge on any atom is 0.303 e. The van der Waals surface area contributed by atoms with Gasteiger partial charge in [0.2, 0.25) is 0 Å². The summed E-state index contributed by atoms with van der Waals surface area (Å²) in [6, 6.07) is -1.13. The van der Waals surface area contributed by atoms with E-state index in [-0.39, 0.29) is 18.2 Å². The SMILES string of the molecule is CC(=O)OC1C=COC=C2CC34SSC5(CC6=CC=CC(O)C6N5C3=O)C(=O)N4C21. The largest absolute Gasteiger partial charge is 0.473 e. The van der Waals surface area contributed by atoms with Crippen LogP contribution in [0.1, 0.15) is 19.8 Å². The molecule has 0 radical (unpaired) electrons. The second-order valence-corrected chi connectivity index (χ2v) is 10.9. The van der Waals surface area contributed by atoms with Gasteiger partial charge in [0.05, 0.1) is 30.7 Å². The molecule has 156 valence electrons. The summed E-state index contributed by atoms with van der Waals surface area (Å²) in [6.45, 7) is 1.32. The van der Waals surface area contributed by atoms with Crippen LogP contribution in [-0.2, 0) is 23.9 Å². The number of piperazine rings is 1. The lowest BCUT2D eigenvalue weighted by atomic mass is 9.96. The van der Waals surface area contributed by atoms with Crippen LogP contribution in [0.3, 0.4) is 0 Å². The number of ether oxygens (including phenoxy) is 2. The highest BCUT2D eigenvalue weighted by Gasteiger charge is 2.77. The van der Waals surface area contributed by atoms with Gasteiger partial charge in [-0.05, 0) is 17.2 Å². The van der Waals surface area contributed by atoms with Crippen molar-refractivity contribution in [3.05, 3.63) is 48.0 Å². The number of esters is 1. The molecule has 6 heterocycles. The number of aliphatic hydroxyl groups is 1. The van der Waals surface area contributed by atoms with E-state index in [2.05, 4.69) is 0 Å². The van der Waals surface area contributed by atoms with Crippen LogP contribution in [0.2, 0.25) is 0 Å². The molecule has 0 saturated carbocycles. The number of carbonyl (C=O) groups excluding carboxylic acids is 3. The number of hydrogen-bond acceptors (Lipinski definition) is 8. The summed E-state index contributed by atoms with van der Waals surface area (Å²) in [4.78, 5) is 40.6. The van der Waals surface area contributed by atoms with Crippen molar-refractivity contribution in [2.45, 2.75) is 53.8 Å². The molecule has 1 aliphatic carbocycles. The maximum absolute atomic E-state index is 14.0. The van der Waals surface area contributed by atoms with Gasteiger partial charge in [0, 0.05) is 19.8 Å². The van der Waals surface area contributed by atoms with Gasteiger partial charge in [-0.2, -0.15) is 0 Å². The Hall–Kier alpha value is -2.17. The fourth-order valence-corrected chi connectivity index (χ4v) is 9.13. The van der Waals surface area contributed by atoms with Crippen LogP contribution >= 0.6 is 21.6 Å². The zero-order valence-corrected chi connectivity index (χ0v) is 17.5. The Morgan fingerprint density at radius 3 is 2.50 bits per heavy atom. The Morgan fingerprint density at radius 1 is 1.13 bits per heavy atom. The van der Waals surface area contributed by atoms with Crippen molar-refractivity contribution in [3.8, 4) is 0 Å². The lowest BCUT2D eigenvalue weighted by Crippen LogP contribution is -2.77. The van der Waals surface area contributed by atoms with Crippen molar-refractivity contribution in [1.82, 2.24) is 9.80 Å². The van der Waals surface area contributed by atoms with Gasteiger partial charge in [-0.25, -0.2) is 0 Å². The maximum atomic E-state index is 14.0. The van der Waals surface area contributed by atoms with E-state index in [4.69, 9.17) is 9.47 Å². The van der Waals surface area contributed by atoms with E-state index < -0.39 is 40.0 Å². The molecule has 0 aromatic rings. The number of hydrogen-bond donors (Lipinski definition) is 1. The summed E-state index contributed by atoms with van der Waals surface area (Å²) in [5, 5.41) is 10.6. The molecular weight excluding hydrogens is 428 g/mol. The van der Waals surface area contributed by atoms with Crippen molar-refractivity contribution < 1.29 is 29.0 Å².